The van der Waals surface area contributed by atoms with Crippen LogP contribution in [0.25, 0.3) is 11.3 Å². The van der Waals surface area contributed by atoms with Crippen molar-refractivity contribution in [3.8, 4) is 17.0 Å². The van der Waals surface area contributed by atoms with Gasteiger partial charge in [-0.2, -0.15) is 0 Å². The fraction of sp³-hybridized carbons (Fsp3) is 0.467. The number of ether oxygens (including phenoxy) is 2. The van der Waals surface area contributed by atoms with Crippen LogP contribution in [0.3, 0.4) is 0 Å². The molecule has 4 heterocycles. The van der Waals surface area contributed by atoms with E-state index in [1.807, 2.05) is 39.0 Å². The van der Waals surface area contributed by atoms with Crippen LogP contribution in [0.2, 0.25) is 0 Å². The molecule has 1 amide bonds. The lowest BCUT2D eigenvalue weighted by Crippen LogP contribution is -2.47. The molecule has 3 aromatic rings. The number of carbonyl (C=O) groups excluding carboxylic acids is 1. The largest absolute Gasteiger partial charge is 0.444 e. The molecule has 2 fully saturated rings. The van der Waals surface area contributed by atoms with Gasteiger partial charge in [-0.05, 0) is 51.8 Å². The summed E-state index contributed by atoms with van der Waals surface area (Å²) in [7, 11) is 2.09. The van der Waals surface area contributed by atoms with Gasteiger partial charge in [-0.3, -0.25) is 4.98 Å². The van der Waals surface area contributed by atoms with Crippen LogP contribution in [0.1, 0.15) is 33.6 Å². The van der Waals surface area contributed by atoms with Gasteiger partial charge in [-0.1, -0.05) is 12.1 Å². The molecule has 2 aromatic heterocycles. The number of benzene rings is 1. The van der Waals surface area contributed by atoms with Crippen molar-refractivity contribution in [2.45, 2.75) is 45.3 Å². The van der Waals surface area contributed by atoms with Crippen LogP contribution < -0.4 is 25.9 Å². The Morgan fingerprint density at radius 1 is 1.07 bits per heavy atom. The van der Waals surface area contributed by atoms with Crippen LogP contribution in [-0.4, -0.2) is 84.0 Å². The maximum Gasteiger partial charge on any atom is 0.410 e. The first-order valence-corrected chi connectivity index (χ1v) is 14.3. The third-order valence-corrected chi connectivity index (χ3v) is 7.41. The first kappa shape index (κ1) is 29.2. The second kappa shape index (κ2) is 12.7. The number of rotatable bonds is 7. The van der Waals surface area contributed by atoms with Gasteiger partial charge in [0.15, 0.2) is 11.6 Å². The number of morpholine rings is 1. The van der Waals surface area contributed by atoms with Gasteiger partial charge in [0.25, 0.3) is 0 Å². The number of amides is 1. The van der Waals surface area contributed by atoms with Crippen LogP contribution in [-0.2, 0) is 9.47 Å². The monoisotopic (exact) mass is 576 g/mol. The van der Waals surface area contributed by atoms with E-state index >= 15 is 0 Å². The zero-order chi connectivity index (χ0) is 29.7. The molecule has 2 aliphatic heterocycles. The highest BCUT2D eigenvalue weighted by atomic mass is 16.6. The summed E-state index contributed by atoms with van der Waals surface area (Å²) in [4.78, 5) is 37.8. The Morgan fingerprint density at radius 2 is 1.79 bits per heavy atom. The van der Waals surface area contributed by atoms with E-state index in [4.69, 9.17) is 20.0 Å². The minimum absolute atomic E-state index is 0.227. The highest BCUT2D eigenvalue weighted by Gasteiger charge is 2.28. The van der Waals surface area contributed by atoms with Crippen molar-refractivity contribution in [2.24, 2.45) is 0 Å². The second-order valence-corrected chi connectivity index (χ2v) is 11.5. The number of nitrogens with one attached hydrogen (secondary N) is 1. The topological polar surface area (TPSA) is 131 Å². The fourth-order valence-electron chi connectivity index (χ4n) is 5.07. The molecule has 1 aromatic carbocycles. The van der Waals surface area contributed by atoms with Gasteiger partial charge in [0.2, 0.25) is 5.82 Å². The molecule has 2 saturated heterocycles. The SMILES string of the molecule is CN(c1ccc(-c2cnc(N)c(NOc3cnccc3N3CCOCC3)n2)cc1)C1CCN(C(=O)OC(C)(C)C)CC1. The summed E-state index contributed by atoms with van der Waals surface area (Å²) in [5, 5.41) is 0. The number of piperidine rings is 1. The third kappa shape index (κ3) is 7.11. The maximum absolute atomic E-state index is 12.4. The zero-order valence-electron chi connectivity index (χ0n) is 24.7. The van der Waals surface area contributed by atoms with Crippen molar-refractivity contribution in [1.29, 1.82) is 0 Å². The number of aromatic nitrogens is 3. The van der Waals surface area contributed by atoms with Gasteiger partial charge in [-0.25, -0.2) is 20.2 Å². The van der Waals surface area contributed by atoms with Crippen LogP contribution in [0.5, 0.6) is 5.75 Å². The van der Waals surface area contributed by atoms with Gasteiger partial charge in [-0.15, -0.1) is 0 Å². The number of anilines is 4. The highest BCUT2D eigenvalue weighted by molar-refractivity contribution is 5.69. The number of carbonyl (C=O) groups is 1. The molecule has 0 unspecified atom stereocenters. The minimum Gasteiger partial charge on any atom is -0.444 e. The lowest BCUT2D eigenvalue weighted by Gasteiger charge is -2.38. The normalized spacial score (nSPS) is 16.2. The van der Waals surface area contributed by atoms with Crippen LogP contribution in [0, 0.1) is 0 Å². The quantitative estimate of drug-likeness (QED) is 0.392. The van der Waals surface area contributed by atoms with E-state index in [1.54, 1.807) is 23.5 Å². The Hall–Kier alpha value is -4.32. The second-order valence-electron chi connectivity index (χ2n) is 11.5. The average Bonchev–Trinajstić information content (AvgIpc) is 3.00. The first-order chi connectivity index (χ1) is 20.2. The molecule has 5 rings (SSSR count). The van der Waals surface area contributed by atoms with Crippen LogP contribution >= 0.6 is 0 Å². The molecule has 42 heavy (non-hydrogen) atoms. The Labute approximate surface area is 246 Å². The Morgan fingerprint density at radius 3 is 2.48 bits per heavy atom. The van der Waals surface area contributed by atoms with Crippen molar-refractivity contribution in [2.75, 3.05) is 67.5 Å². The van der Waals surface area contributed by atoms with Crippen molar-refractivity contribution in [3.63, 3.8) is 0 Å². The van der Waals surface area contributed by atoms with Gasteiger partial charge >= 0.3 is 6.09 Å². The van der Waals surface area contributed by atoms with Crippen molar-refractivity contribution < 1.29 is 19.1 Å². The summed E-state index contributed by atoms with van der Waals surface area (Å²) in [6, 6.07) is 10.4. The van der Waals surface area contributed by atoms with Crippen molar-refractivity contribution in [3.05, 3.63) is 48.9 Å². The van der Waals surface area contributed by atoms with E-state index in [1.165, 1.54) is 0 Å². The smallest absolute Gasteiger partial charge is 0.410 e. The summed E-state index contributed by atoms with van der Waals surface area (Å²) in [6.07, 6.45) is 6.55. The molecule has 0 atom stereocenters. The number of nitrogen functional groups attached to an aromatic ring is 1. The predicted molar refractivity (Wildman–Crippen MR) is 163 cm³/mol. The molecule has 0 bridgehead atoms. The zero-order valence-corrected chi connectivity index (χ0v) is 24.7. The van der Waals surface area contributed by atoms with E-state index in [9.17, 15) is 4.79 Å². The predicted octanol–water partition coefficient (Wildman–Crippen LogP) is 4.20. The Balaban J connectivity index is 1.21. The standard InChI is InChI=1S/C30H40N8O4/c1-30(2,3)41-29(39)38-13-10-23(11-14-38)36(4)22-7-5-21(6-8-22)24-19-33-27(31)28(34-24)35-42-26-20-32-12-9-25(26)37-15-17-40-18-16-37/h5-9,12,19-20,23H,10-11,13-18H2,1-4H3,(H2,31,33)(H,34,35). The van der Waals surface area contributed by atoms with E-state index in [0.717, 1.165) is 42.9 Å². The molecule has 0 spiro atoms. The van der Waals surface area contributed by atoms with Gasteiger partial charge < -0.3 is 34.7 Å². The third-order valence-electron chi connectivity index (χ3n) is 7.41. The molecular formula is C30H40N8O4. The van der Waals surface area contributed by atoms with Gasteiger partial charge in [0.05, 0.1) is 37.0 Å². The van der Waals surface area contributed by atoms with E-state index in [-0.39, 0.29) is 11.9 Å². The van der Waals surface area contributed by atoms with Crippen LogP contribution in [0.4, 0.5) is 27.8 Å². The first-order valence-electron chi connectivity index (χ1n) is 14.3. The molecule has 3 N–H and O–H groups in total. The molecule has 12 nitrogen and oxygen atoms in total. The van der Waals surface area contributed by atoms with Gasteiger partial charge in [0, 0.05) is 56.7 Å². The lowest BCUT2D eigenvalue weighted by atomic mass is 10.0. The Kier molecular flexibility index (Phi) is 8.81. The number of nitrogens with zero attached hydrogens (tertiary/aromatic N) is 6. The van der Waals surface area contributed by atoms with Crippen molar-refractivity contribution >= 4 is 29.1 Å². The van der Waals surface area contributed by atoms with Gasteiger partial charge in [0.1, 0.15) is 5.60 Å². The van der Waals surface area contributed by atoms with Crippen LogP contribution in [0.15, 0.2) is 48.9 Å². The lowest BCUT2D eigenvalue weighted by molar-refractivity contribution is 0.0205. The molecule has 224 valence electrons. The molecular weight excluding hydrogens is 536 g/mol. The maximum atomic E-state index is 12.4. The molecule has 2 aliphatic rings. The number of likely N-dealkylation sites (tertiary alicyclic amines) is 1. The summed E-state index contributed by atoms with van der Waals surface area (Å²) in [6.45, 7) is 9.89. The number of hydrogen-bond donors (Lipinski definition) is 2. The van der Waals surface area contributed by atoms with Crippen molar-refractivity contribution in [1.82, 2.24) is 19.9 Å². The van der Waals surface area contributed by atoms with E-state index < -0.39 is 5.60 Å². The summed E-state index contributed by atoms with van der Waals surface area (Å²) < 4.78 is 11.0. The summed E-state index contributed by atoms with van der Waals surface area (Å²) in [5.41, 5.74) is 12.1. The Bertz CT molecular complexity index is 1350. The fourth-order valence-corrected chi connectivity index (χ4v) is 5.07. The summed E-state index contributed by atoms with van der Waals surface area (Å²) >= 11 is 0. The molecule has 12 heteroatoms. The highest BCUT2D eigenvalue weighted by Crippen LogP contribution is 2.30. The molecule has 0 saturated carbocycles. The number of nitrogens with two attached hydrogens (primary N) is 1. The number of hydrogen-bond acceptors (Lipinski definition) is 11. The molecule has 0 aliphatic carbocycles. The molecule has 0 radical (unpaired) electrons. The van der Waals surface area contributed by atoms with E-state index in [2.05, 4.69) is 49.4 Å². The minimum atomic E-state index is -0.489. The number of pyridine rings is 1. The average molecular weight is 577 g/mol. The summed E-state index contributed by atoms with van der Waals surface area (Å²) in [5.74, 6) is 1.11. The van der Waals surface area contributed by atoms with E-state index in [0.29, 0.717) is 49.6 Å².